The van der Waals surface area contributed by atoms with Crippen LogP contribution in [0.4, 0.5) is 0 Å². The second kappa shape index (κ2) is 6.33. The minimum Gasteiger partial charge on any atom is -0.370 e. The van der Waals surface area contributed by atoms with E-state index in [4.69, 9.17) is 4.74 Å². The molecule has 0 atom stereocenters. The fraction of sp³-hybridized carbons (Fsp3) is 0.588. The normalized spacial score (nSPS) is 27.2. The maximum Gasteiger partial charge on any atom is 0.164 e. The zero-order valence-electron chi connectivity index (χ0n) is 12.0. The van der Waals surface area contributed by atoms with Gasteiger partial charge in [-0.1, -0.05) is 37.3 Å². The molecule has 19 heavy (non-hydrogen) atoms. The van der Waals surface area contributed by atoms with Crippen molar-refractivity contribution < 1.29 is 9.53 Å². The first-order valence-corrected chi connectivity index (χ1v) is 7.29. The number of Topliss-reactive ketones (excluding diaryl/α,β-unsaturated/α-hetero) is 1. The smallest absolute Gasteiger partial charge is 0.164 e. The SMILES string of the molecule is COC1(C(=O)CCc2ccccc2)CCC(C)CC1. The summed E-state index contributed by atoms with van der Waals surface area (Å²) in [4.78, 5) is 12.5. The summed E-state index contributed by atoms with van der Waals surface area (Å²) in [6, 6.07) is 10.2. The largest absolute Gasteiger partial charge is 0.370 e. The summed E-state index contributed by atoms with van der Waals surface area (Å²) in [6.45, 7) is 2.26. The Balaban J connectivity index is 1.94. The third kappa shape index (κ3) is 3.44. The number of aryl methyl sites for hydroxylation is 1. The second-order valence-electron chi connectivity index (χ2n) is 5.79. The summed E-state index contributed by atoms with van der Waals surface area (Å²) in [5.41, 5.74) is 0.729. The molecule has 2 nitrogen and oxygen atoms in total. The average molecular weight is 260 g/mol. The molecular weight excluding hydrogens is 236 g/mol. The molecule has 0 aromatic heterocycles. The summed E-state index contributed by atoms with van der Waals surface area (Å²) in [5.74, 6) is 1.01. The van der Waals surface area contributed by atoms with Gasteiger partial charge in [0.05, 0.1) is 0 Å². The predicted molar refractivity (Wildman–Crippen MR) is 77.1 cm³/mol. The summed E-state index contributed by atoms with van der Waals surface area (Å²) in [6.07, 6.45) is 5.39. The highest BCUT2D eigenvalue weighted by Crippen LogP contribution is 2.36. The molecule has 1 aliphatic carbocycles. The van der Waals surface area contributed by atoms with E-state index >= 15 is 0 Å². The third-order valence-electron chi connectivity index (χ3n) is 4.46. The van der Waals surface area contributed by atoms with Gasteiger partial charge in [0.25, 0.3) is 0 Å². The van der Waals surface area contributed by atoms with Gasteiger partial charge in [0.2, 0.25) is 0 Å². The minimum absolute atomic E-state index is 0.283. The molecule has 0 heterocycles. The van der Waals surface area contributed by atoms with Crippen molar-refractivity contribution in [1.29, 1.82) is 0 Å². The number of ether oxygens (including phenoxy) is 1. The fourth-order valence-corrected chi connectivity index (χ4v) is 2.96. The van der Waals surface area contributed by atoms with Crippen LogP contribution in [0.15, 0.2) is 30.3 Å². The Morgan fingerprint density at radius 3 is 2.47 bits per heavy atom. The number of carbonyl (C=O) groups is 1. The van der Waals surface area contributed by atoms with Crippen LogP contribution in [-0.4, -0.2) is 18.5 Å². The lowest BCUT2D eigenvalue weighted by molar-refractivity contribution is -0.146. The van der Waals surface area contributed by atoms with Crippen molar-refractivity contribution >= 4 is 5.78 Å². The molecule has 1 aliphatic rings. The van der Waals surface area contributed by atoms with Crippen LogP contribution in [0, 0.1) is 5.92 Å². The minimum atomic E-state index is -0.499. The number of carbonyl (C=O) groups excluding carboxylic acids is 1. The molecule has 1 saturated carbocycles. The predicted octanol–water partition coefficient (Wildman–Crippen LogP) is 3.78. The quantitative estimate of drug-likeness (QED) is 0.805. The molecule has 0 unspecified atom stereocenters. The summed E-state index contributed by atoms with van der Waals surface area (Å²) in [5, 5.41) is 0. The van der Waals surface area contributed by atoms with Crippen molar-refractivity contribution in [2.45, 2.75) is 51.0 Å². The van der Waals surface area contributed by atoms with Crippen LogP contribution >= 0.6 is 0 Å². The molecule has 0 radical (unpaired) electrons. The van der Waals surface area contributed by atoms with Crippen LogP contribution in [0.2, 0.25) is 0 Å². The molecule has 0 aliphatic heterocycles. The molecule has 2 heteroatoms. The average Bonchev–Trinajstić information content (AvgIpc) is 2.47. The maximum atomic E-state index is 12.5. The first-order chi connectivity index (χ1) is 9.16. The van der Waals surface area contributed by atoms with Crippen LogP contribution in [-0.2, 0) is 16.0 Å². The maximum absolute atomic E-state index is 12.5. The Labute approximate surface area is 116 Å². The zero-order chi connectivity index (χ0) is 13.7. The molecule has 0 bridgehead atoms. The highest BCUT2D eigenvalue weighted by Gasteiger charge is 2.40. The van der Waals surface area contributed by atoms with Crippen molar-refractivity contribution in [2.24, 2.45) is 5.92 Å². The monoisotopic (exact) mass is 260 g/mol. The highest BCUT2D eigenvalue weighted by atomic mass is 16.5. The van der Waals surface area contributed by atoms with E-state index in [-0.39, 0.29) is 5.78 Å². The number of methoxy groups -OCH3 is 1. The van der Waals surface area contributed by atoms with E-state index in [1.165, 1.54) is 5.56 Å². The molecule has 1 aromatic rings. The number of hydrogen-bond donors (Lipinski definition) is 0. The number of hydrogen-bond acceptors (Lipinski definition) is 2. The lowest BCUT2D eigenvalue weighted by atomic mass is 9.76. The molecule has 0 saturated heterocycles. The molecule has 0 N–H and O–H groups in total. The van der Waals surface area contributed by atoms with Gasteiger partial charge in [0.1, 0.15) is 5.60 Å². The Hall–Kier alpha value is -1.15. The lowest BCUT2D eigenvalue weighted by Gasteiger charge is -2.37. The first kappa shape index (κ1) is 14.3. The van der Waals surface area contributed by atoms with Gasteiger partial charge in [0, 0.05) is 13.5 Å². The molecule has 2 rings (SSSR count). The number of rotatable bonds is 5. The molecular formula is C17H24O2. The van der Waals surface area contributed by atoms with Crippen LogP contribution in [0.1, 0.15) is 44.6 Å². The van der Waals surface area contributed by atoms with E-state index in [2.05, 4.69) is 19.1 Å². The van der Waals surface area contributed by atoms with Gasteiger partial charge in [-0.05, 0) is 43.6 Å². The molecule has 1 fully saturated rings. The van der Waals surface area contributed by atoms with Gasteiger partial charge in [-0.2, -0.15) is 0 Å². The molecule has 1 aromatic carbocycles. The van der Waals surface area contributed by atoms with Gasteiger partial charge >= 0.3 is 0 Å². The van der Waals surface area contributed by atoms with Crippen LogP contribution in [0.25, 0.3) is 0 Å². The summed E-state index contributed by atoms with van der Waals surface area (Å²) >= 11 is 0. The Bertz CT molecular complexity index is 403. The molecule has 0 amide bonds. The second-order valence-corrected chi connectivity index (χ2v) is 5.79. The van der Waals surface area contributed by atoms with Gasteiger partial charge in [0.15, 0.2) is 5.78 Å². The summed E-state index contributed by atoms with van der Waals surface area (Å²) < 4.78 is 5.63. The summed E-state index contributed by atoms with van der Waals surface area (Å²) in [7, 11) is 1.69. The third-order valence-corrected chi connectivity index (χ3v) is 4.46. The molecule has 104 valence electrons. The van der Waals surface area contributed by atoms with Crippen molar-refractivity contribution in [3.63, 3.8) is 0 Å². The number of benzene rings is 1. The van der Waals surface area contributed by atoms with E-state index in [0.717, 1.165) is 38.0 Å². The topological polar surface area (TPSA) is 26.3 Å². The Morgan fingerprint density at radius 2 is 1.89 bits per heavy atom. The zero-order valence-corrected chi connectivity index (χ0v) is 12.0. The van der Waals surface area contributed by atoms with Gasteiger partial charge in [-0.15, -0.1) is 0 Å². The highest BCUT2D eigenvalue weighted by molar-refractivity contribution is 5.87. The van der Waals surface area contributed by atoms with Crippen molar-refractivity contribution in [2.75, 3.05) is 7.11 Å². The van der Waals surface area contributed by atoms with E-state index in [1.807, 2.05) is 18.2 Å². The van der Waals surface area contributed by atoms with E-state index < -0.39 is 5.60 Å². The fourth-order valence-electron chi connectivity index (χ4n) is 2.96. The van der Waals surface area contributed by atoms with Crippen LogP contribution in [0.5, 0.6) is 0 Å². The van der Waals surface area contributed by atoms with Crippen LogP contribution < -0.4 is 0 Å². The number of ketones is 1. The van der Waals surface area contributed by atoms with Gasteiger partial charge in [-0.3, -0.25) is 4.79 Å². The Kier molecular flexibility index (Phi) is 4.76. The first-order valence-electron chi connectivity index (χ1n) is 7.29. The van der Waals surface area contributed by atoms with E-state index in [0.29, 0.717) is 6.42 Å². The Morgan fingerprint density at radius 1 is 1.26 bits per heavy atom. The van der Waals surface area contributed by atoms with Gasteiger partial charge in [-0.25, -0.2) is 0 Å². The van der Waals surface area contributed by atoms with Crippen molar-refractivity contribution in [3.05, 3.63) is 35.9 Å². The lowest BCUT2D eigenvalue weighted by Crippen LogP contribution is -2.44. The van der Waals surface area contributed by atoms with Gasteiger partial charge < -0.3 is 4.74 Å². The van der Waals surface area contributed by atoms with E-state index in [1.54, 1.807) is 7.11 Å². The molecule has 0 spiro atoms. The van der Waals surface area contributed by atoms with Crippen molar-refractivity contribution in [1.82, 2.24) is 0 Å². The van der Waals surface area contributed by atoms with E-state index in [9.17, 15) is 4.79 Å². The van der Waals surface area contributed by atoms with Crippen molar-refractivity contribution in [3.8, 4) is 0 Å². The van der Waals surface area contributed by atoms with Crippen LogP contribution in [0.3, 0.4) is 0 Å². The standard InChI is InChI=1S/C17H24O2/c1-14-10-12-17(19-2,13-11-14)16(18)9-8-15-6-4-3-5-7-15/h3-7,14H,8-13H2,1-2H3.